The van der Waals surface area contributed by atoms with Gasteiger partial charge in [-0.3, -0.25) is 9.59 Å². The molecule has 1 N–H and O–H groups in total. The molecule has 0 aliphatic carbocycles. The van der Waals surface area contributed by atoms with E-state index in [1.807, 2.05) is 6.92 Å². The number of carbonyl (C=O) groups excluding carboxylic acids is 2. The Kier molecular flexibility index (Phi) is 3.91. The van der Waals surface area contributed by atoms with E-state index in [0.717, 1.165) is 0 Å². The smallest absolute Gasteiger partial charge is 0.296 e. The van der Waals surface area contributed by atoms with E-state index in [1.54, 1.807) is 11.8 Å². The van der Waals surface area contributed by atoms with E-state index in [4.69, 9.17) is 4.74 Å². The predicted molar refractivity (Wildman–Crippen MR) is 58.5 cm³/mol. The van der Waals surface area contributed by atoms with Crippen LogP contribution in [-0.2, 0) is 14.3 Å². The van der Waals surface area contributed by atoms with Crippen LogP contribution in [0.4, 0.5) is 0 Å². The zero-order chi connectivity index (χ0) is 12.2. The van der Waals surface area contributed by atoms with Crippen molar-refractivity contribution in [1.82, 2.24) is 10.2 Å². The lowest BCUT2D eigenvalue weighted by Crippen LogP contribution is -2.70. The molecule has 0 aromatic carbocycles. The Hall–Kier alpha value is -1.54. The number of nitrogens with zero attached hydrogens (tertiary/aromatic N) is 1. The Balaban J connectivity index is 2.39. The van der Waals surface area contributed by atoms with E-state index in [2.05, 4.69) is 17.2 Å². The van der Waals surface area contributed by atoms with Gasteiger partial charge in [0.05, 0.1) is 5.54 Å². The monoisotopic (exact) mass is 224 g/mol. The second kappa shape index (κ2) is 4.99. The van der Waals surface area contributed by atoms with Crippen LogP contribution < -0.4 is 5.32 Å². The van der Waals surface area contributed by atoms with E-state index in [0.29, 0.717) is 13.1 Å². The zero-order valence-electron chi connectivity index (χ0n) is 9.79. The van der Waals surface area contributed by atoms with Crippen molar-refractivity contribution in [1.29, 1.82) is 0 Å². The molecule has 1 saturated heterocycles. The molecule has 0 radical (unpaired) electrons. The first kappa shape index (κ1) is 12.5. The molecule has 2 amide bonds. The maximum atomic E-state index is 11.4. The highest BCUT2D eigenvalue weighted by Gasteiger charge is 2.41. The third-order valence-electron chi connectivity index (χ3n) is 2.35. The second-order valence-electron chi connectivity index (χ2n) is 4.07. The number of hydrogen-bond donors (Lipinski definition) is 1. The Morgan fingerprint density at radius 2 is 2.12 bits per heavy atom. The number of ether oxygens (including phenoxy) is 1. The fraction of sp³-hybridized carbons (Fsp3) is 0.636. The molecule has 1 rings (SSSR count). The first-order valence-electron chi connectivity index (χ1n) is 5.02. The lowest BCUT2D eigenvalue weighted by molar-refractivity contribution is -0.144. The molecule has 1 heterocycles. The molecule has 0 spiro atoms. The van der Waals surface area contributed by atoms with Gasteiger partial charge in [-0.25, -0.2) is 0 Å². The van der Waals surface area contributed by atoms with Gasteiger partial charge >= 0.3 is 0 Å². The number of hydrogen-bond acceptors (Lipinski definition) is 3. The molecule has 0 atom stereocenters. The largest absolute Gasteiger partial charge is 0.375 e. The summed E-state index contributed by atoms with van der Waals surface area (Å²) in [5.74, 6) is 4.58. The quantitative estimate of drug-likeness (QED) is 0.650. The van der Waals surface area contributed by atoms with Gasteiger partial charge in [-0.15, -0.1) is 0 Å². The summed E-state index contributed by atoms with van der Waals surface area (Å²) in [6.07, 6.45) is 0. The normalized spacial score (nSPS) is 16.8. The van der Waals surface area contributed by atoms with Gasteiger partial charge in [-0.1, -0.05) is 5.92 Å². The summed E-state index contributed by atoms with van der Waals surface area (Å²) in [4.78, 5) is 24.3. The van der Waals surface area contributed by atoms with Gasteiger partial charge in [-0.2, -0.15) is 0 Å². The number of carbonyl (C=O) groups is 2. The van der Waals surface area contributed by atoms with E-state index >= 15 is 0 Å². The van der Waals surface area contributed by atoms with Crippen LogP contribution >= 0.6 is 0 Å². The Morgan fingerprint density at radius 3 is 2.62 bits per heavy atom. The van der Waals surface area contributed by atoms with E-state index < -0.39 is 0 Å². The lowest BCUT2D eigenvalue weighted by Gasteiger charge is -2.47. The fourth-order valence-corrected chi connectivity index (χ4v) is 1.69. The SMILES string of the molecule is CC#CC(=O)NC1(C)CN(C(=O)COC)C1. The fourth-order valence-electron chi connectivity index (χ4n) is 1.69. The van der Waals surface area contributed by atoms with Gasteiger partial charge in [0.1, 0.15) is 6.61 Å². The molecule has 1 aliphatic heterocycles. The molecule has 88 valence electrons. The molecular weight excluding hydrogens is 208 g/mol. The molecule has 0 aromatic heterocycles. The lowest BCUT2D eigenvalue weighted by atomic mass is 9.92. The van der Waals surface area contributed by atoms with Crippen molar-refractivity contribution >= 4 is 11.8 Å². The summed E-state index contributed by atoms with van der Waals surface area (Å²) < 4.78 is 4.75. The number of amides is 2. The predicted octanol–water partition coefficient (Wildman–Crippen LogP) is -0.627. The number of nitrogens with one attached hydrogen (secondary N) is 1. The van der Waals surface area contributed by atoms with Crippen LogP contribution in [-0.4, -0.2) is 49.1 Å². The third-order valence-corrected chi connectivity index (χ3v) is 2.35. The minimum atomic E-state index is -0.357. The molecule has 1 aliphatic rings. The molecule has 5 nitrogen and oxygen atoms in total. The minimum absolute atomic E-state index is 0.0594. The molecular formula is C11H16N2O3. The molecule has 5 heteroatoms. The molecule has 0 unspecified atom stereocenters. The van der Waals surface area contributed by atoms with E-state index in [-0.39, 0.29) is 24.0 Å². The summed E-state index contributed by atoms with van der Waals surface area (Å²) in [6, 6.07) is 0. The molecule has 0 bridgehead atoms. The van der Waals surface area contributed by atoms with Crippen LogP contribution in [0, 0.1) is 11.8 Å². The zero-order valence-corrected chi connectivity index (χ0v) is 9.79. The summed E-state index contributed by atoms with van der Waals surface area (Å²) in [5, 5.41) is 2.77. The summed E-state index contributed by atoms with van der Waals surface area (Å²) in [5.41, 5.74) is -0.357. The van der Waals surface area contributed by atoms with Gasteiger partial charge in [-0.05, 0) is 19.8 Å². The average molecular weight is 224 g/mol. The summed E-state index contributed by atoms with van der Waals surface area (Å²) in [6.45, 7) is 4.59. The summed E-state index contributed by atoms with van der Waals surface area (Å²) in [7, 11) is 1.48. The van der Waals surface area contributed by atoms with Gasteiger partial charge in [0.25, 0.3) is 5.91 Å². The Bertz CT molecular complexity index is 348. The van der Waals surface area contributed by atoms with Gasteiger partial charge in [0.15, 0.2) is 0 Å². The highest BCUT2D eigenvalue weighted by Crippen LogP contribution is 2.20. The first-order chi connectivity index (χ1) is 7.50. The molecule has 0 aromatic rings. The topological polar surface area (TPSA) is 58.6 Å². The van der Waals surface area contributed by atoms with Gasteiger partial charge in [0, 0.05) is 20.2 Å². The van der Waals surface area contributed by atoms with Crippen molar-refractivity contribution in [2.75, 3.05) is 26.8 Å². The van der Waals surface area contributed by atoms with Crippen molar-refractivity contribution in [3.05, 3.63) is 0 Å². The van der Waals surface area contributed by atoms with Crippen molar-refractivity contribution in [2.45, 2.75) is 19.4 Å². The summed E-state index contributed by atoms with van der Waals surface area (Å²) >= 11 is 0. The van der Waals surface area contributed by atoms with E-state index in [9.17, 15) is 9.59 Å². The Morgan fingerprint density at radius 1 is 1.50 bits per heavy atom. The first-order valence-corrected chi connectivity index (χ1v) is 5.02. The third kappa shape index (κ3) is 2.97. The van der Waals surface area contributed by atoms with Crippen molar-refractivity contribution in [3.8, 4) is 11.8 Å². The maximum absolute atomic E-state index is 11.4. The molecule has 1 fully saturated rings. The number of rotatable bonds is 3. The number of likely N-dealkylation sites (tertiary alicyclic amines) is 1. The van der Waals surface area contributed by atoms with Crippen molar-refractivity contribution < 1.29 is 14.3 Å². The Labute approximate surface area is 95.1 Å². The van der Waals surface area contributed by atoms with Crippen molar-refractivity contribution in [2.24, 2.45) is 0 Å². The maximum Gasteiger partial charge on any atom is 0.296 e. The van der Waals surface area contributed by atoms with Crippen molar-refractivity contribution in [3.63, 3.8) is 0 Å². The number of methoxy groups -OCH3 is 1. The van der Waals surface area contributed by atoms with Crippen LogP contribution in [0.3, 0.4) is 0 Å². The average Bonchev–Trinajstić information content (AvgIpc) is 2.14. The van der Waals surface area contributed by atoms with E-state index in [1.165, 1.54) is 7.11 Å². The second-order valence-corrected chi connectivity index (χ2v) is 4.07. The van der Waals surface area contributed by atoms with Crippen LogP contribution in [0.2, 0.25) is 0 Å². The van der Waals surface area contributed by atoms with Gasteiger partial charge in [0.2, 0.25) is 5.91 Å². The highest BCUT2D eigenvalue weighted by molar-refractivity contribution is 5.94. The molecule has 16 heavy (non-hydrogen) atoms. The van der Waals surface area contributed by atoms with Crippen LogP contribution in [0.1, 0.15) is 13.8 Å². The van der Waals surface area contributed by atoms with Crippen LogP contribution in [0.25, 0.3) is 0 Å². The highest BCUT2D eigenvalue weighted by atomic mass is 16.5. The van der Waals surface area contributed by atoms with Crippen LogP contribution in [0.5, 0.6) is 0 Å². The standard InChI is InChI=1S/C11H16N2O3/c1-4-5-9(14)12-11(2)7-13(8-11)10(15)6-16-3/h6-8H2,1-3H3,(H,12,14). The minimum Gasteiger partial charge on any atom is -0.375 e. The molecule has 0 saturated carbocycles. The van der Waals surface area contributed by atoms with Crippen LogP contribution in [0.15, 0.2) is 0 Å². The van der Waals surface area contributed by atoms with Gasteiger partial charge < -0.3 is 15.0 Å².